The predicted molar refractivity (Wildman–Crippen MR) is 97.1 cm³/mol. The highest BCUT2D eigenvalue weighted by Gasteiger charge is 2.51. The van der Waals surface area contributed by atoms with E-state index >= 15 is 0 Å². The van der Waals surface area contributed by atoms with Gasteiger partial charge in [0.05, 0.1) is 0 Å². The first-order valence-corrected chi connectivity index (χ1v) is 10.0. The van der Waals surface area contributed by atoms with Crippen molar-refractivity contribution in [3.63, 3.8) is 0 Å². The third-order valence-electron chi connectivity index (χ3n) is 6.78. The molecule has 3 aliphatic rings. The van der Waals surface area contributed by atoms with Crippen LogP contribution in [0.3, 0.4) is 0 Å². The fourth-order valence-electron chi connectivity index (χ4n) is 5.02. The van der Waals surface area contributed by atoms with Crippen LogP contribution in [-0.4, -0.2) is 47.8 Å². The zero-order valence-corrected chi connectivity index (χ0v) is 15.6. The van der Waals surface area contributed by atoms with Gasteiger partial charge in [-0.05, 0) is 61.6 Å². The largest absolute Gasteiger partial charge is 0.343 e. The molecule has 2 saturated heterocycles. The van der Waals surface area contributed by atoms with E-state index < -0.39 is 11.6 Å². The van der Waals surface area contributed by atoms with Crippen molar-refractivity contribution in [1.29, 1.82) is 0 Å². The van der Waals surface area contributed by atoms with E-state index in [1.807, 2.05) is 4.90 Å². The summed E-state index contributed by atoms with van der Waals surface area (Å²) >= 11 is 0. The number of likely N-dealkylation sites (tertiary alicyclic amines) is 2. The number of hydrogen-bond acceptors (Lipinski definition) is 2. The second-order valence-electron chi connectivity index (χ2n) is 8.35. The molecule has 1 spiro atoms. The van der Waals surface area contributed by atoms with Crippen molar-refractivity contribution >= 4 is 11.8 Å². The predicted octanol–water partition coefficient (Wildman–Crippen LogP) is 3.61. The number of rotatable bonds is 4. The molecule has 1 saturated carbocycles. The van der Waals surface area contributed by atoms with Crippen molar-refractivity contribution in [3.05, 3.63) is 35.4 Å². The summed E-state index contributed by atoms with van der Waals surface area (Å²) in [5, 5.41) is 0. The average Bonchev–Trinajstić information content (AvgIpc) is 3.29. The van der Waals surface area contributed by atoms with Crippen LogP contribution in [-0.2, 0) is 4.79 Å². The number of carbonyl (C=O) groups is 2. The Morgan fingerprint density at radius 3 is 2.41 bits per heavy atom. The van der Waals surface area contributed by atoms with Gasteiger partial charge in [0.15, 0.2) is 11.6 Å². The summed E-state index contributed by atoms with van der Waals surface area (Å²) in [6.07, 6.45) is 6.85. The summed E-state index contributed by atoms with van der Waals surface area (Å²) in [5.41, 5.74) is 0.302. The first-order chi connectivity index (χ1) is 13.0. The Labute approximate surface area is 158 Å². The molecule has 1 atom stereocenters. The molecule has 0 N–H and O–H groups in total. The Kier molecular flexibility index (Phi) is 4.91. The van der Waals surface area contributed by atoms with E-state index in [1.165, 1.54) is 6.07 Å². The van der Waals surface area contributed by atoms with Gasteiger partial charge < -0.3 is 9.80 Å². The van der Waals surface area contributed by atoms with Crippen molar-refractivity contribution in [3.8, 4) is 0 Å². The second kappa shape index (κ2) is 7.21. The van der Waals surface area contributed by atoms with Gasteiger partial charge >= 0.3 is 0 Å². The number of nitrogens with zero attached hydrogens (tertiary/aromatic N) is 2. The summed E-state index contributed by atoms with van der Waals surface area (Å²) < 4.78 is 26.7. The number of carbonyl (C=O) groups excluding carboxylic acids is 2. The maximum atomic E-state index is 13.5. The van der Waals surface area contributed by atoms with Gasteiger partial charge in [-0.25, -0.2) is 8.78 Å². The van der Waals surface area contributed by atoms with Crippen molar-refractivity contribution in [2.24, 2.45) is 11.3 Å². The van der Waals surface area contributed by atoms with Gasteiger partial charge in [-0.15, -0.1) is 0 Å². The van der Waals surface area contributed by atoms with Crippen LogP contribution >= 0.6 is 0 Å². The maximum Gasteiger partial charge on any atom is 0.253 e. The Hall–Kier alpha value is -1.98. The summed E-state index contributed by atoms with van der Waals surface area (Å²) in [6.45, 7) is 3.00. The molecular formula is C21H26F2N2O2. The molecule has 4 nitrogen and oxygen atoms in total. The smallest absolute Gasteiger partial charge is 0.253 e. The summed E-state index contributed by atoms with van der Waals surface area (Å²) in [5.74, 6) is -1.64. The monoisotopic (exact) mass is 376 g/mol. The fourth-order valence-corrected chi connectivity index (χ4v) is 5.02. The highest BCUT2D eigenvalue weighted by Crippen LogP contribution is 2.53. The van der Waals surface area contributed by atoms with Gasteiger partial charge in [-0.1, -0.05) is 6.42 Å². The SMILES string of the molecule is O=C(CCC1CN(C(=O)c2ccc(F)c(F)c2)CC12CCC2)N1CCCC1. The average molecular weight is 376 g/mol. The molecule has 1 aromatic carbocycles. The van der Waals surface area contributed by atoms with Crippen molar-refractivity contribution < 1.29 is 18.4 Å². The lowest BCUT2D eigenvalue weighted by molar-refractivity contribution is -0.130. The van der Waals surface area contributed by atoms with Crippen LogP contribution in [0, 0.1) is 23.0 Å². The van der Waals surface area contributed by atoms with E-state index in [2.05, 4.69) is 0 Å². The molecule has 1 aromatic rings. The van der Waals surface area contributed by atoms with Crippen LogP contribution in [0.15, 0.2) is 18.2 Å². The molecule has 3 fully saturated rings. The number of amides is 2. The minimum Gasteiger partial charge on any atom is -0.343 e. The Bertz CT molecular complexity index is 742. The van der Waals surface area contributed by atoms with E-state index in [4.69, 9.17) is 0 Å². The standard InChI is InChI=1S/C21H26F2N2O2/c22-17-6-4-15(12-18(17)23)20(27)25-13-16(21(14-25)8-3-9-21)5-7-19(26)24-10-1-2-11-24/h4,6,12,16H,1-3,5,7-11,13-14H2. The third-order valence-corrected chi connectivity index (χ3v) is 6.78. The first-order valence-electron chi connectivity index (χ1n) is 10.0. The Balaban J connectivity index is 1.41. The minimum absolute atomic E-state index is 0.111. The topological polar surface area (TPSA) is 40.6 Å². The molecule has 4 rings (SSSR count). The Morgan fingerprint density at radius 2 is 1.78 bits per heavy atom. The molecule has 1 unspecified atom stereocenters. The summed E-state index contributed by atoms with van der Waals surface area (Å²) in [4.78, 5) is 28.9. The van der Waals surface area contributed by atoms with Crippen LogP contribution in [0.4, 0.5) is 8.78 Å². The van der Waals surface area contributed by atoms with E-state index in [0.717, 1.165) is 63.7 Å². The molecule has 0 radical (unpaired) electrons. The molecule has 1 aliphatic carbocycles. The molecule has 0 bridgehead atoms. The number of benzene rings is 1. The van der Waals surface area contributed by atoms with Gasteiger partial charge in [-0.2, -0.15) is 0 Å². The van der Waals surface area contributed by atoms with Gasteiger partial charge in [0.2, 0.25) is 5.91 Å². The zero-order chi connectivity index (χ0) is 19.0. The Morgan fingerprint density at radius 1 is 1.04 bits per heavy atom. The lowest BCUT2D eigenvalue weighted by Crippen LogP contribution is -2.39. The zero-order valence-electron chi connectivity index (χ0n) is 15.6. The normalized spacial score (nSPS) is 23.7. The number of hydrogen-bond donors (Lipinski definition) is 0. The van der Waals surface area contributed by atoms with Crippen LogP contribution in [0.1, 0.15) is 55.3 Å². The van der Waals surface area contributed by atoms with E-state index in [-0.39, 0.29) is 22.8 Å². The van der Waals surface area contributed by atoms with Gasteiger partial charge in [0.25, 0.3) is 5.91 Å². The van der Waals surface area contributed by atoms with E-state index in [9.17, 15) is 18.4 Å². The van der Waals surface area contributed by atoms with E-state index in [1.54, 1.807) is 4.90 Å². The minimum atomic E-state index is -0.994. The van der Waals surface area contributed by atoms with Gasteiger partial charge in [0, 0.05) is 38.2 Å². The van der Waals surface area contributed by atoms with Gasteiger partial charge in [0.1, 0.15) is 0 Å². The van der Waals surface area contributed by atoms with E-state index in [0.29, 0.717) is 25.4 Å². The van der Waals surface area contributed by atoms with Crippen molar-refractivity contribution in [1.82, 2.24) is 9.80 Å². The van der Waals surface area contributed by atoms with Gasteiger partial charge in [-0.3, -0.25) is 9.59 Å². The first kappa shape index (κ1) is 18.4. The van der Waals surface area contributed by atoms with Crippen LogP contribution < -0.4 is 0 Å². The second-order valence-corrected chi connectivity index (χ2v) is 8.35. The molecule has 0 aromatic heterocycles. The molecule has 27 heavy (non-hydrogen) atoms. The fraction of sp³-hybridized carbons (Fsp3) is 0.619. The molecule has 2 amide bonds. The van der Waals surface area contributed by atoms with Crippen LogP contribution in [0.25, 0.3) is 0 Å². The lowest BCUT2D eigenvalue weighted by atomic mass is 9.62. The highest BCUT2D eigenvalue weighted by molar-refractivity contribution is 5.94. The lowest BCUT2D eigenvalue weighted by Gasteiger charge is -2.43. The quantitative estimate of drug-likeness (QED) is 0.805. The molecule has 6 heteroatoms. The molecular weight excluding hydrogens is 350 g/mol. The molecule has 146 valence electrons. The summed E-state index contributed by atoms with van der Waals surface area (Å²) in [7, 11) is 0. The van der Waals surface area contributed by atoms with Crippen molar-refractivity contribution in [2.45, 2.75) is 44.9 Å². The van der Waals surface area contributed by atoms with Crippen LogP contribution in [0.5, 0.6) is 0 Å². The number of halogens is 2. The maximum absolute atomic E-state index is 13.5. The third kappa shape index (κ3) is 3.46. The highest BCUT2D eigenvalue weighted by atomic mass is 19.2. The molecule has 2 heterocycles. The summed E-state index contributed by atoms with van der Waals surface area (Å²) in [6, 6.07) is 3.33. The van der Waals surface area contributed by atoms with Crippen molar-refractivity contribution in [2.75, 3.05) is 26.2 Å². The molecule has 2 aliphatic heterocycles. The van der Waals surface area contributed by atoms with Crippen LogP contribution in [0.2, 0.25) is 0 Å².